The highest BCUT2D eigenvalue weighted by atomic mass is 19.2. The fourth-order valence-corrected chi connectivity index (χ4v) is 3.42. The van der Waals surface area contributed by atoms with Gasteiger partial charge in [0.25, 0.3) is 5.56 Å². The molecule has 2 fully saturated rings. The Morgan fingerprint density at radius 2 is 1.96 bits per heavy atom. The van der Waals surface area contributed by atoms with Gasteiger partial charge in [-0.25, -0.2) is 13.8 Å². The molecule has 0 aliphatic heterocycles. The van der Waals surface area contributed by atoms with Crippen molar-refractivity contribution >= 4 is 16.8 Å². The number of hydrogen-bond donors (Lipinski definition) is 0. The second-order valence-corrected chi connectivity index (χ2v) is 7.07. The summed E-state index contributed by atoms with van der Waals surface area (Å²) >= 11 is 0. The van der Waals surface area contributed by atoms with Gasteiger partial charge in [-0.3, -0.25) is 14.2 Å². The number of rotatable bonds is 5. The van der Waals surface area contributed by atoms with Crippen LogP contribution in [0, 0.1) is 17.6 Å². The van der Waals surface area contributed by atoms with E-state index in [1.807, 2.05) is 4.90 Å². The fourth-order valence-electron chi connectivity index (χ4n) is 3.42. The lowest BCUT2D eigenvalue weighted by Crippen LogP contribution is -2.44. The Morgan fingerprint density at radius 3 is 2.60 bits per heavy atom. The topological polar surface area (TPSA) is 55.2 Å². The predicted molar refractivity (Wildman–Crippen MR) is 88.0 cm³/mol. The van der Waals surface area contributed by atoms with E-state index in [9.17, 15) is 18.4 Å². The Bertz CT molecular complexity index is 903. The maximum Gasteiger partial charge on any atom is 0.261 e. The van der Waals surface area contributed by atoms with E-state index in [1.165, 1.54) is 10.9 Å². The first-order valence-corrected chi connectivity index (χ1v) is 8.61. The third-order valence-electron chi connectivity index (χ3n) is 5.14. The molecule has 1 heterocycles. The van der Waals surface area contributed by atoms with Crippen molar-refractivity contribution in [2.75, 3.05) is 0 Å². The van der Waals surface area contributed by atoms with E-state index in [4.69, 9.17) is 0 Å². The van der Waals surface area contributed by atoms with Gasteiger partial charge in [-0.2, -0.15) is 0 Å². The van der Waals surface area contributed by atoms with Crippen LogP contribution in [0.15, 0.2) is 23.3 Å². The van der Waals surface area contributed by atoms with Gasteiger partial charge in [0.05, 0.1) is 17.2 Å². The van der Waals surface area contributed by atoms with Crippen LogP contribution in [-0.4, -0.2) is 32.4 Å². The number of amides is 1. The zero-order valence-electron chi connectivity index (χ0n) is 13.9. The molecule has 1 atom stereocenters. The summed E-state index contributed by atoms with van der Waals surface area (Å²) in [5.41, 5.74) is -0.454. The van der Waals surface area contributed by atoms with Crippen LogP contribution in [0.2, 0.25) is 0 Å². The van der Waals surface area contributed by atoms with Crippen molar-refractivity contribution in [3.8, 4) is 0 Å². The molecule has 0 unspecified atom stereocenters. The van der Waals surface area contributed by atoms with Crippen molar-refractivity contribution < 1.29 is 13.6 Å². The summed E-state index contributed by atoms with van der Waals surface area (Å²) in [5, 5.41) is -0.0255. The molecule has 0 spiro atoms. The van der Waals surface area contributed by atoms with Gasteiger partial charge in [0.15, 0.2) is 11.6 Å². The van der Waals surface area contributed by atoms with Crippen LogP contribution in [0.5, 0.6) is 0 Å². The Hall–Kier alpha value is -2.31. The smallest absolute Gasteiger partial charge is 0.261 e. The first kappa shape index (κ1) is 16.2. The molecular formula is C18H19F2N3O2. The third kappa shape index (κ3) is 3.03. The monoisotopic (exact) mass is 347 g/mol. The van der Waals surface area contributed by atoms with Crippen molar-refractivity contribution in [1.82, 2.24) is 14.5 Å². The number of carbonyl (C=O) groups is 1. The standard InChI is InChI=1S/C18H19F2N3O2/c1-10(11-2-3-11)23(12-4-5-12)17(24)8-22-9-21-16-7-15(20)14(19)6-13(16)18(22)25/h6-7,9-12H,2-5,8H2,1H3/t10-/m0/s1. The molecule has 1 aromatic carbocycles. The summed E-state index contributed by atoms with van der Waals surface area (Å²) in [7, 11) is 0. The number of fused-ring (bicyclic) bond motifs is 1. The maximum atomic E-state index is 13.4. The minimum absolute atomic E-state index is 0.0255. The molecule has 132 valence electrons. The third-order valence-corrected chi connectivity index (χ3v) is 5.14. The number of carbonyl (C=O) groups excluding carboxylic acids is 1. The molecule has 2 aliphatic carbocycles. The average Bonchev–Trinajstić information content (AvgIpc) is 3.45. The summed E-state index contributed by atoms with van der Waals surface area (Å²) in [6.07, 6.45) is 5.50. The van der Waals surface area contributed by atoms with E-state index in [-0.39, 0.29) is 35.4 Å². The molecule has 1 aromatic heterocycles. The van der Waals surface area contributed by atoms with Crippen LogP contribution >= 0.6 is 0 Å². The Morgan fingerprint density at radius 1 is 1.28 bits per heavy atom. The molecule has 0 saturated heterocycles. The molecule has 1 amide bonds. The van der Waals surface area contributed by atoms with Gasteiger partial charge in [-0.1, -0.05) is 0 Å². The van der Waals surface area contributed by atoms with Crippen molar-refractivity contribution in [3.63, 3.8) is 0 Å². The molecule has 0 radical (unpaired) electrons. The Balaban J connectivity index is 1.63. The number of hydrogen-bond acceptors (Lipinski definition) is 3. The van der Waals surface area contributed by atoms with Gasteiger partial charge in [0, 0.05) is 18.2 Å². The maximum absolute atomic E-state index is 13.4. The number of aromatic nitrogens is 2. The number of nitrogens with zero attached hydrogens (tertiary/aromatic N) is 3. The molecule has 4 rings (SSSR count). The van der Waals surface area contributed by atoms with Gasteiger partial charge in [0.1, 0.15) is 6.54 Å². The quantitative estimate of drug-likeness (QED) is 0.835. The Kier molecular flexibility index (Phi) is 3.81. The lowest BCUT2D eigenvalue weighted by molar-refractivity contribution is -0.135. The minimum Gasteiger partial charge on any atom is -0.335 e. The van der Waals surface area contributed by atoms with Crippen LogP contribution in [0.25, 0.3) is 10.9 Å². The molecule has 2 saturated carbocycles. The van der Waals surface area contributed by atoms with Gasteiger partial charge < -0.3 is 4.90 Å². The molecule has 0 bridgehead atoms. The molecule has 2 aromatic rings. The first-order chi connectivity index (χ1) is 12.0. The van der Waals surface area contributed by atoms with E-state index < -0.39 is 17.2 Å². The van der Waals surface area contributed by atoms with Gasteiger partial charge in [-0.05, 0) is 44.6 Å². The van der Waals surface area contributed by atoms with Crippen LogP contribution < -0.4 is 5.56 Å². The van der Waals surface area contributed by atoms with Crippen LogP contribution in [0.1, 0.15) is 32.6 Å². The van der Waals surface area contributed by atoms with E-state index in [0.717, 1.165) is 37.8 Å². The zero-order chi connectivity index (χ0) is 17.7. The molecule has 2 aliphatic rings. The highest BCUT2D eigenvalue weighted by Gasteiger charge is 2.41. The van der Waals surface area contributed by atoms with Crippen molar-refractivity contribution in [3.05, 3.63) is 40.4 Å². The Labute approximate surface area is 143 Å². The summed E-state index contributed by atoms with van der Waals surface area (Å²) < 4.78 is 27.9. The summed E-state index contributed by atoms with van der Waals surface area (Å²) in [6.45, 7) is 1.93. The average molecular weight is 347 g/mol. The largest absolute Gasteiger partial charge is 0.335 e. The normalized spacial score (nSPS) is 18.4. The molecule has 7 heteroatoms. The lowest BCUT2D eigenvalue weighted by atomic mass is 10.1. The van der Waals surface area contributed by atoms with E-state index in [0.29, 0.717) is 5.92 Å². The highest BCUT2D eigenvalue weighted by Crippen LogP contribution is 2.39. The molecular weight excluding hydrogens is 328 g/mol. The van der Waals surface area contributed by atoms with E-state index in [2.05, 4.69) is 11.9 Å². The van der Waals surface area contributed by atoms with Gasteiger partial charge in [0.2, 0.25) is 5.91 Å². The second-order valence-electron chi connectivity index (χ2n) is 7.07. The fraction of sp³-hybridized carbons (Fsp3) is 0.500. The summed E-state index contributed by atoms with van der Waals surface area (Å²) in [5.74, 6) is -1.72. The highest BCUT2D eigenvalue weighted by molar-refractivity contribution is 5.79. The van der Waals surface area contributed by atoms with Gasteiger partial charge in [-0.15, -0.1) is 0 Å². The van der Waals surface area contributed by atoms with Crippen molar-refractivity contribution in [1.29, 1.82) is 0 Å². The minimum atomic E-state index is -1.10. The van der Waals surface area contributed by atoms with E-state index >= 15 is 0 Å². The SMILES string of the molecule is C[C@@H](C1CC1)N(C(=O)Cn1cnc2cc(F)c(F)cc2c1=O)C1CC1. The van der Waals surface area contributed by atoms with Crippen LogP contribution in [0.4, 0.5) is 8.78 Å². The zero-order valence-corrected chi connectivity index (χ0v) is 13.9. The summed E-state index contributed by atoms with van der Waals surface area (Å²) in [6, 6.07) is 2.17. The number of halogens is 2. The summed E-state index contributed by atoms with van der Waals surface area (Å²) in [4.78, 5) is 31.2. The van der Waals surface area contributed by atoms with Crippen molar-refractivity contribution in [2.45, 2.75) is 51.2 Å². The van der Waals surface area contributed by atoms with E-state index in [1.54, 1.807) is 0 Å². The van der Waals surface area contributed by atoms with Crippen molar-refractivity contribution in [2.24, 2.45) is 5.92 Å². The molecule has 0 N–H and O–H groups in total. The second kappa shape index (κ2) is 5.89. The van der Waals surface area contributed by atoms with Crippen LogP contribution in [-0.2, 0) is 11.3 Å². The number of benzene rings is 1. The van der Waals surface area contributed by atoms with Gasteiger partial charge >= 0.3 is 0 Å². The molecule has 5 nitrogen and oxygen atoms in total. The van der Waals surface area contributed by atoms with Crippen LogP contribution in [0.3, 0.4) is 0 Å². The first-order valence-electron chi connectivity index (χ1n) is 8.61. The predicted octanol–water partition coefficient (Wildman–Crippen LogP) is 2.46. The lowest BCUT2D eigenvalue weighted by Gasteiger charge is -2.29. The molecule has 25 heavy (non-hydrogen) atoms.